The van der Waals surface area contributed by atoms with Gasteiger partial charge in [0.2, 0.25) is 0 Å². The normalized spacial score (nSPS) is 10.4. The molecule has 0 spiro atoms. The second kappa shape index (κ2) is 5.80. The van der Waals surface area contributed by atoms with E-state index in [9.17, 15) is 4.39 Å². The molecule has 3 rings (SSSR count). The van der Waals surface area contributed by atoms with Crippen molar-refractivity contribution in [2.24, 2.45) is 0 Å². The highest BCUT2D eigenvalue weighted by Crippen LogP contribution is 2.36. The van der Waals surface area contributed by atoms with Gasteiger partial charge in [-0.05, 0) is 34.9 Å². The fraction of sp³-hybridized carbons (Fsp3) is 0.0526. The number of ether oxygens (including phenoxy) is 1. The van der Waals surface area contributed by atoms with Gasteiger partial charge in [-0.15, -0.1) is 0 Å². The van der Waals surface area contributed by atoms with Gasteiger partial charge in [0, 0.05) is 5.56 Å². The van der Waals surface area contributed by atoms with Crippen molar-refractivity contribution in [3.63, 3.8) is 0 Å². The van der Waals surface area contributed by atoms with Gasteiger partial charge in [0.1, 0.15) is 11.6 Å². The first-order chi connectivity index (χ1) is 10.3. The van der Waals surface area contributed by atoms with Crippen LogP contribution < -0.4 is 4.74 Å². The third-order valence-corrected chi connectivity index (χ3v) is 3.48. The van der Waals surface area contributed by atoms with Crippen LogP contribution in [0.5, 0.6) is 5.75 Å². The van der Waals surface area contributed by atoms with Crippen LogP contribution in [0.2, 0.25) is 0 Å². The maximum absolute atomic E-state index is 13.1. The van der Waals surface area contributed by atoms with Crippen molar-refractivity contribution >= 4 is 0 Å². The van der Waals surface area contributed by atoms with Crippen molar-refractivity contribution in [3.05, 3.63) is 78.6 Å². The van der Waals surface area contributed by atoms with E-state index >= 15 is 0 Å². The number of para-hydroxylation sites is 1. The minimum atomic E-state index is -0.228. The summed E-state index contributed by atoms with van der Waals surface area (Å²) in [4.78, 5) is 0. The first-order valence-corrected chi connectivity index (χ1v) is 6.78. The van der Waals surface area contributed by atoms with Gasteiger partial charge >= 0.3 is 0 Å². The summed E-state index contributed by atoms with van der Waals surface area (Å²) in [6, 6.07) is 22.5. The molecule has 0 aliphatic heterocycles. The van der Waals surface area contributed by atoms with Crippen LogP contribution in [0.25, 0.3) is 22.3 Å². The SMILES string of the molecule is COc1ccccc1-c1ccccc1-c1ccc(F)cc1. The van der Waals surface area contributed by atoms with Gasteiger partial charge in [-0.2, -0.15) is 0 Å². The average Bonchev–Trinajstić information content (AvgIpc) is 2.55. The molecule has 0 atom stereocenters. The van der Waals surface area contributed by atoms with E-state index in [0.717, 1.165) is 28.0 Å². The third kappa shape index (κ3) is 2.65. The first-order valence-electron chi connectivity index (χ1n) is 6.78. The standard InChI is InChI=1S/C19H15FO/c1-21-19-9-5-4-8-18(19)17-7-3-2-6-16(17)14-10-12-15(20)13-11-14/h2-13H,1H3. The maximum Gasteiger partial charge on any atom is 0.126 e. The van der Waals surface area contributed by atoms with Crippen molar-refractivity contribution in [1.29, 1.82) is 0 Å². The molecule has 0 saturated heterocycles. The van der Waals surface area contributed by atoms with Gasteiger partial charge < -0.3 is 4.74 Å². The molecule has 0 heterocycles. The highest BCUT2D eigenvalue weighted by molar-refractivity contribution is 5.85. The molecule has 0 aromatic heterocycles. The summed E-state index contributed by atoms with van der Waals surface area (Å²) in [5, 5.41) is 0. The molecular weight excluding hydrogens is 263 g/mol. The van der Waals surface area contributed by atoms with Crippen molar-refractivity contribution in [3.8, 4) is 28.0 Å². The van der Waals surface area contributed by atoms with Gasteiger partial charge in [0.25, 0.3) is 0 Å². The second-order valence-electron chi connectivity index (χ2n) is 4.75. The molecule has 3 aromatic carbocycles. The molecule has 0 N–H and O–H groups in total. The Bertz CT molecular complexity index is 748. The zero-order chi connectivity index (χ0) is 14.7. The number of halogens is 1. The van der Waals surface area contributed by atoms with Crippen LogP contribution in [0.4, 0.5) is 4.39 Å². The summed E-state index contributed by atoms with van der Waals surface area (Å²) >= 11 is 0. The van der Waals surface area contributed by atoms with E-state index in [2.05, 4.69) is 6.07 Å². The molecular formula is C19H15FO. The molecule has 0 saturated carbocycles. The lowest BCUT2D eigenvalue weighted by atomic mass is 9.94. The van der Waals surface area contributed by atoms with Gasteiger partial charge in [-0.3, -0.25) is 0 Å². The third-order valence-electron chi connectivity index (χ3n) is 3.48. The summed E-state index contributed by atoms with van der Waals surface area (Å²) < 4.78 is 18.6. The molecule has 0 unspecified atom stereocenters. The summed E-state index contributed by atoms with van der Waals surface area (Å²) in [6.45, 7) is 0. The molecule has 0 bridgehead atoms. The Morgan fingerprint density at radius 2 is 1.24 bits per heavy atom. The molecule has 0 aliphatic rings. The zero-order valence-corrected chi connectivity index (χ0v) is 11.7. The summed E-state index contributed by atoms with van der Waals surface area (Å²) in [5.74, 6) is 0.598. The topological polar surface area (TPSA) is 9.23 Å². The van der Waals surface area contributed by atoms with E-state index in [0.29, 0.717) is 0 Å². The van der Waals surface area contributed by atoms with Crippen LogP contribution >= 0.6 is 0 Å². The Morgan fingerprint density at radius 3 is 1.90 bits per heavy atom. The number of rotatable bonds is 3. The number of hydrogen-bond donors (Lipinski definition) is 0. The van der Waals surface area contributed by atoms with E-state index in [1.165, 1.54) is 12.1 Å². The Morgan fingerprint density at radius 1 is 0.667 bits per heavy atom. The summed E-state index contributed by atoms with van der Waals surface area (Å²) in [7, 11) is 1.67. The van der Waals surface area contributed by atoms with Crippen LogP contribution in [-0.4, -0.2) is 7.11 Å². The van der Waals surface area contributed by atoms with E-state index in [-0.39, 0.29) is 5.82 Å². The Hall–Kier alpha value is -2.61. The van der Waals surface area contributed by atoms with E-state index < -0.39 is 0 Å². The predicted molar refractivity (Wildman–Crippen MR) is 83.8 cm³/mol. The van der Waals surface area contributed by atoms with E-state index in [1.807, 2.05) is 42.5 Å². The first kappa shape index (κ1) is 13.4. The molecule has 3 aromatic rings. The lowest BCUT2D eigenvalue weighted by Gasteiger charge is -2.13. The molecule has 0 fully saturated rings. The maximum atomic E-state index is 13.1. The van der Waals surface area contributed by atoms with Gasteiger partial charge in [-0.1, -0.05) is 54.6 Å². The number of hydrogen-bond acceptors (Lipinski definition) is 1. The van der Waals surface area contributed by atoms with Crippen LogP contribution in [0.3, 0.4) is 0 Å². The molecule has 0 radical (unpaired) electrons. The Labute approximate surface area is 123 Å². The highest BCUT2D eigenvalue weighted by atomic mass is 19.1. The monoisotopic (exact) mass is 278 g/mol. The molecule has 21 heavy (non-hydrogen) atoms. The van der Waals surface area contributed by atoms with Crippen LogP contribution in [-0.2, 0) is 0 Å². The molecule has 0 aliphatic carbocycles. The van der Waals surface area contributed by atoms with Gasteiger partial charge in [-0.25, -0.2) is 4.39 Å². The lowest BCUT2D eigenvalue weighted by molar-refractivity contribution is 0.416. The minimum Gasteiger partial charge on any atom is -0.496 e. The Balaban J connectivity index is 2.18. The largest absolute Gasteiger partial charge is 0.496 e. The zero-order valence-electron chi connectivity index (χ0n) is 11.7. The average molecular weight is 278 g/mol. The molecule has 2 heteroatoms. The fourth-order valence-corrected chi connectivity index (χ4v) is 2.47. The van der Waals surface area contributed by atoms with E-state index in [1.54, 1.807) is 19.2 Å². The summed E-state index contributed by atoms with van der Waals surface area (Å²) in [5.41, 5.74) is 4.14. The fourth-order valence-electron chi connectivity index (χ4n) is 2.47. The van der Waals surface area contributed by atoms with Crippen molar-refractivity contribution in [2.45, 2.75) is 0 Å². The minimum absolute atomic E-state index is 0.228. The molecule has 104 valence electrons. The highest BCUT2D eigenvalue weighted by Gasteiger charge is 2.10. The quantitative estimate of drug-likeness (QED) is 0.642. The number of benzene rings is 3. The lowest BCUT2D eigenvalue weighted by Crippen LogP contribution is -1.90. The number of methoxy groups -OCH3 is 1. The van der Waals surface area contributed by atoms with Crippen molar-refractivity contribution in [1.82, 2.24) is 0 Å². The smallest absolute Gasteiger partial charge is 0.126 e. The van der Waals surface area contributed by atoms with Crippen molar-refractivity contribution in [2.75, 3.05) is 7.11 Å². The van der Waals surface area contributed by atoms with Crippen LogP contribution in [0.1, 0.15) is 0 Å². The van der Waals surface area contributed by atoms with Crippen molar-refractivity contribution < 1.29 is 9.13 Å². The molecule has 1 nitrogen and oxygen atoms in total. The summed E-state index contributed by atoms with van der Waals surface area (Å²) in [6.07, 6.45) is 0. The molecule has 0 amide bonds. The second-order valence-corrected chi connectivity index (χ2v) is 4.75. The van der Waals surface area contributed by atoms with Crippen LogP contribution in [0.15, 0.2) is 72.8 Å². The predicted octanol–water partition coefficient (Wildman–Crippen LogP) is 5.17. The van der Waals surface area contributed by atoms with Gasteiger partial charge in [0.05, 0.1) is 7.11 Å². The van der Waals surface area contributed by atoms with E-state index in [4.69, 9.17) is 4.74 Å². The Kier molecular flexibility index (Phi) is 3.69. The van der Waals surface area contributed by atoms with Gasteiger partial charge in [0.15, 0.2) is 0 Å². The van der Waals surface area contributed by atoms with Crippen LogP contribution in [0, 0.1) is 5.82 Å².